The Labute approximate surface area is 119 Å². The van der Waals surface area contributed by atoms with E-state index in [1.54, 1.807) is 0 Å². The number of rotatable bonds is 0. The topological polar surface area (TPSA) is 48.2 Å². The minimum absolute atomic E-state index is 0.625. The minimum Gasteiger partial charge on any atom is -0.287 e. The van der Waals surface area contributed by atoms with Crippen LogP contribution in [0.5, 0.6) is 0 Å². The number of amidine groups is 1. The van der Waals surface area contributed by atoms with Crippen molar-refractivity contribution in [3.63, 3.8) is 0 Å². The summed E-state index contributed by atoms with van der Waals surface area (Å²) in [5.74, 6) is 0.669. The van der Waals surface area contributed by atoms with Crippen LogP contribution in [0.4, 0.5) is 0 Å². The fourth-order valence-electron chi connectivity index (χ4n) is 2.80. The van der Waals surface area contributed by atoms with Crippen molar-refractivity contribution in [3.8, 4) is 0 Å². The van der Waals surface area contributed by atoms with Crippen LogP contribution < -0.4 is 0 Å². The number of benzene rings is 1. The maximum atomic E-state index is 10.0. The summed E-state index contributed by atoms with van der Waals surface area (Å²) in [6.07, 6.45) is 7.68. The van der Waals surface area contributed by atoms with Crippen molar-refractivity contribution >= 4 is 11.5 Å². The van der Waals surface area contributed by atoms with Gasteiger partial charge < -0.3 is 0 Å². The van der Waals surface area contributed by atoms with Crippen molar-refractivity contribution in [1.29, 1.82) is 0 Å². The van der Waals surface area contributed by atoms with Gasteiger partial charge in [0.05, 0.1) is 12.1 Å². The third-order valence-electron chi connectivity index (χ3n) is 4.01. The van der Waals surface area contributed by atoms with Crippen LogP contribution in [0, 0.1) is 0 Å². The Kier molecular flexibility index (Phi) is 4.11. The van der Waals surface area contributed by atoms with Gasteiger partial charge in [0.15, 0.2) is 5.84 Å². The third kappa shape index (κ3) is 3.07. The van der Waals surface area contributed by atoms with Gasteiger partial charge in [-0.15, -0.1) is 5.10 Å². The number of nitrogens with zero attached hydrogens (tertiary/aromatic N) is 3. The van der Waals surface area contributed by atoms with Crippen molar-refractivity contribution in [2.75, 3.05) is 6.54 Å². The van der Waals surface area contributed by atoms with Gasteiger partial charge in [-0.2, -0.15) is 5.10 Å². The Morgan fingerprint density at radius 3 is 2.80 bits per heavy atom. The van der Waals surface area contributed by atoms with E-state index in [0.717, 1.165) is 30.5 Å². The Morgan fingerprint density at radius 2 is 1.85 bits per heavy atom. The molecule has 1 N–H and O–H groups in total. The molecule has 2 heterocycles. The molecule has 106 valence electrons. The summed E-state index contributed by atoms with van der Waals surface area (Å²) < 4.78 is 0. The Hall–Kier alpha value is -1.68. The van der Waals surface area contributed by atoms with Gasteiger partial charge in [-0.25, -0.2) is 5.06 Å². The van der Waals surface area contributed by atoms with Crippen LogP contribution in [-0.2, 0) is 6.42 Å². The van der Waals surface area contributed by atoms with Gasteiger partial charge in [-0.1, -0.05) is 37.5 Å². The van der Waals surface area contributed by atoms with E-state index in [0.29, 0.717) is 18.8 Å². The number of hydrogen-bond acceptors (Lipinski definition) is 4. The Balaban J connectivity index is 1.80. The summed E-state index contributed by atoms with van der Waals surface area (Å²) in [6.45, 7) is 0.654. The van der Waals surface area contributed by atoms with Gasteiger partial charge in [0, 0.05) is 6.54 Å². The summed E-state index contributed by atoms with van der Waals surface area (Å²) in [5.41, 5.74) is 3.46. The molecule has 0 spiro atoms. The molecule has 2 aliphatic heterocycles. The molecule has 0 amide bonds. The highest BCUT2D eigenvalue weighted by molar-refractivity contribution is 6.14. The maximum Gasteiger partial charge on any atom is 0.157 e. The van der Waals surface area contributed by atoms with Crippen molar-refractivity contribution in [2.24, 2.45) is 10.2 Å². The molecule has 3 rings (SSSR count). The summed E-state index contributed by atoms with van der Waals surface area (Å²) in [4.78, 5) is 0. The minimum atomic E-state index is 0.625. The molecule has 4 nitrogen and oxygen atoms in total. The molecule has 20 heavy (non-hydrogen) atoms. The van der Waals surface area contributed by atoms with Gasteiger partial charge >= 0.3 is 0 Å². The van der Waals surface area contributed by atoms with Gasteiger partial charge in [-0.3, -0.25) is 5.21 Å². The van der Waals surface area contributed by atoms with Gasteiger partial charge in [-0.05, 0) is 36.5 Å². The lowest BCUT2D eigenvalue weighted by molar-refractivity contribution is -0.0171. The number of fused-ring (bicyclic) bond motifs is 5. The zero-order valence-electron chi connectivity index (χ0n) is 11.8. The molecule has 1 aromatic carbocycles. The van der Waals surface area contributed by atoms with Crippen LogP contribution in [0.15, 0.2) is 34.5 Å². The monoisotopic (exact) mass is 271 g/mol. The smallest absolute Gasteiger partial charge is 0.157 e. The molecule has 4 heteroatoms. The van der Waals surface area contributed by atoms with Crippen molar-refractivity contribution < 1.29 is 5.21 Å². The van der Waals surface area contributed by atoms with Crippen molar-refractivity contribution in [1.82, 2.24) is 5.06 Å². The molecule has 0 unspecified atom stereocenters. The van der Waals surface area contributed by atoms with Crippen molar-refractivity contribution in [2.45, 2.75) is 44.9 Å². The largest absolute Gasteiger partial charge is 0.287 e. The van der Waals surface area contributed by atoms with Crippen molar-refractivity contribution in [3.05, 3.63) is 35.4 Å². The summed E-state index contributed by atoms with van der Waals surface area (Å²) >= 11 is 0. The van der Waals surface area contributed by atoms with E-state index < -0.39 is 0 Å². The predicted octanol–water partition coefficient (Wildman–Crippen LogP) is 3.39. The van der Waals surface area contributed by atoms with Gasteiger partial charge in [0.25, 0.3) is 0 Å². The Morgan fingerprint density at radius 1 is 1.00 bits per heavy atom. The number of hydroxylamine groups is 2. The van der Waals surface area contributed by atoms with Gasteiger partial charge in [0.2, 0.25) is 0 Å². The van der Waals surface area contributed by atoms with Crippen LogP contribution in [0.1, 0.15) is 49.7 Å². The van der Waals surface area contributed by atoms with Crippen LogP contribution in [0.2, 0.25) is 0 Å². The van der Waals surface area contributed by atoms with E-state index in [4.69, 9.17) is 0 Å². The van der Waals surface area contributed by atoms with E-state index in [1.165, 1.54) is 29.9 Å². The molecule has 0 aromatic heterocycles. The molecular weight excluding hydrogens is 250 g/mol. The molecule has 2 aliphatic rings. The SMILES string of the molecule is ON1CCCCCCCc2cccc(c2)C2=NN=C1C2. The fraction of sp³-hybridized carbons (Fsp3) is 0.500. The van der Waals surface area contributed by atoms with E-state index in [1.807, 2.05) is 0 Å². The summed E-state index contributed by atoms with van der Waals surface area (Å²) in [6, 6.07) is 8.57. The zero-order valence-corrected chi connectivity index (χ0v) is 11.8. The quantitative estimate of drug-likeness (QED) is 0.786. The van der Waals surface area contributed by atoms with E-state index in [-0.39, 0.29) is 0 Å². The summed E-state index contributed by atoms with van der Waals surface area (Å²) in [5, 5.41) is 19.6. The van der Waals surface area contributed by atoms with Gasteiger partial charge in [0.1, 0.15) is 0 Å². The van der Waals surface area contributed by atoms with E-state index in [2.05, 4.69) is 34.5 Å². The predicted molar refractivity (Wildman–Crippen MR) is 80.3 cm³/mol. The molecule has 4 bridgehead atoms. The average Bonchev–Trinajstić information content (AvgIpc) is 2.95. The number of aryl methyl sites for hydroxylation is 1. The van der Waals surface area contributed by atoms with Crippen LogP contribution >= 0.6 is 0 Å². The maximum absolute atomic E-state index is 10.0. The van der Waals surface area contributed by atoms with Crippen LogP contribution in [0.25, 0.3) is 0 Å². The average molecular weight is 271 g/mol. The van der Waals surface area contributed by atoms with E-state index in [9.17, 15) is 5.21 Å². The lowest BCUT2D eigenvalue weighted by Gasteiger charge is -2.16. The highest BCUT2D eigenvalue weighted by Gasteiger charge is 2.19. The first-order valence-electron chi connectivity index (χ1n) is 7.52. The molecule has 0 atom stereocenters. The van der Waals surface area contributed by atoms with Crippen LogP contribution in [-0.4, -0.2) is 28.4 Å². The standard InChI is InChI=1S/C16H21N3O/c20-19-10-5-3-1-2-4-7-13-8-6-9-14(11-13)15-12-16(19)18-17-15/h6,8-9,11,20H,1-5,7,10,12H2. The third-order valence-corrected chi connectivity index (χ3v) is 4.01. The first kappa shape index (κ1) is 13.3. The normalized spacial score (nSPS) is 20.1. The second-order valence-corrected chi connectivity index (χ2v) is 5.58. The zero-order chi connectivity index (χ0) is 13.8. The first-order valence-corrected chi connectivity index (χ1v) is 7.52. The highest BCUT2D eigenvalue weighted by Crippen LogP contribution is 2.18. The first-order chi connectivity index (χ1) is 9.83. The highest BCUT2D eigenvalue weighted by atomic mass is 16.5. The molecular formula is C16H21N3O. The molecule has 0 aliphatic carbocycles. The Bertz CT molecular complexity index is 536. The second kappa shape index (κ2) is 6.18. The number of hydrogen-bond donors (Lipinski definition) is 1. The van der Waals surface area contributed by atoms with E-state index >= 15 is 0 Å². The molecule has 0 fully saturated rings. The lowest BCUT2D eigenvalue weighted by atomic mass is 10.00. The molecule has 0 saturated heterocycles. The molecule has 1 aromatic rings. The lowest BCUT2D eigenvalue weighted by Crippen LogP contribution is -2.28. The van der Waals surface area contributed by atoms with Crippen LogP contribution in [0.3, 0.4) is 0 Å². The second-order valence-electron chi connectivity index (χ2n) is 5.58. The fourth-order valence-corrected chi connectivity index (χ4v) is 2.80. The summed E-state index contributed by atoms with van der Waals surface area (Å²) in [7, 11) is 0. The molecule has 0 saturated carbocycles. The molecule has 0 radical (unpaired) electrons.